The molecule has 0 aromatic heterocycles. The number of allylic oxidation sites excluding steroid dienone is 2. The largest absolute Gasteiger partial charge is 0.457 e. The lowest BCUT2D eigenvalue weighted by Gasteiger charge is -2.72. The van der Waals surface area contributed by atoms with Crippen LogP contribution in [0.2, 0.25) is 0 Å². The second-order valence-electron chi connectivity index (χ2n) is 30.5. The lowest BCUT2D eigenvalue weighted by Crippen LogP contribution is -2.70. The topological polar surface area (TPSA) is 445 Å². The molecule has 29 heteroatoms. The number of aliphatic hydroxyl groups excluding tert-OH is 13. The normalized spacial score (nSPS) is 54.4. The first-order valence-corrected chi connectivity index (χ1v) is 32.6. The minimum atomic E-state index is -2.29. The fourth-order valence-corrected chi connectivity index (χ4v) is 18.5. The van der Waals surface area contributed by atoms with E-state index in [0.29, 0.717) is 51.4 Å². The van der Waals surface area contributed by atoms with Gasteiger partial charge in [0.2, 0.25) is 6.29 Å². The maximum atomic E-state index is 15.6. The molecular weight excluding hydrogens is 1220 g/mol. The van der Waals surface area contributed by atoms with Gasteiger partial charge in [0.25, 0.3) is 0 Å². The Balaban J connectivity index is 0.951. The Bertz CT molecular complexity index is 2700. The molecule has 524 valence electrons. The first-order chi connectivity index (χ1) is 43.1. The van der Waals surface area contributed by atoms with Crippen LogP contribution in [0.3, 0.4) is 0 Å². The van der Waals surface area contributed by atoms with Gasteiger partial charge in [-0.05, 0) is 111 Å². The Labute approximate surface area is 533 Å². The summed E-state index contributed by atoms with van der Waals surface area (Å²) in [6, 6.07) is 0. The van der Waals surface area contributed by atoms with E-state index in [1.807, 2.05) is 6.92 Å². The minimum absolute atomic E-state index is 0.109. The number of hydrogen-bond donors (Lipinski definition) is 14. The number of esters is 3. The van der Waals surface area contributed by atoms with Gasteiger partial charge in [-0.25, -0.2) is 0 Å². The van der Waals surface area contributed by atoms with Crippen molar-refractivity contribution >= 4 is 17.9 Å². The molecule has 0 aromatic rings. The van der Waals surface area contributed by atoms with Crippen LogP contribution in [0.15, 0.2) is 11.6 Å². The van der Waals surface area contributed by atoms with E-state index in [4.69, 9.17) is 56.8 Å². The van der Waals surface area contributed by atoms with E-state index < -0.39 is 244 Å². The van der Waals surface area contributed by atoms with E-state index in [1.54, 1.807) is 0 Å². The van der Waals surface area contributed by atoms with Crippen molar-refractivity contribution in [1.82, 2.24) is 0 Å². The predicted molar refractivity (Wildman–Crippen MR) is 306 cm³/mol. The number of carbonyl (C=O) groups is 3. The third-order valence-corrected chi connectivity index (χ3v) is 24.0. The second-order valence-corrected chi connectivity index (χ2v) is 30.5. The van der Waals surface area contributed by atoms with E-state index in [-0.39, 0.29) is 29.6 Å². The molecule has 33 atom stereocenters. The van der Waals surface area contributed by atoms with Gasteiger partial charge in [-0.15, -0.1) is 0 Å². The Morgan fingerprint density at radius 2 is 1.21 bits per heavy atom. The Morgan fingerprint density at radius 3 is 1.90 bits per heavy atom. The molecule has 0 radical (unpaired) electrons. The summed E-state index contributed by atoms with van der Waals surface area (Å²) in [7, 11) is 0. The third kappa shape index (κ3) is 12.1. The van der Waals surface area contributed by atoms with Crippen LogP contribution in [-0.4, -0.2) is 275 Å². The molecule has 0 unspecified atom stereocenters. The van der Waals surface area contributed by atoms with Crippen LogP contribution in [0, 0.1) is 50.2 Å². The highest BCUT2D eigenvalue weighted by Gasteiger charge is 2.72. The molecule has 14 N–H and O–H groups in total. The predicted octanol–water partition coefficient (Wildman–Crippen LogP) is -2.68. The first kappa shape index (κ1) is 70.5. The van der Waals surface area contributed by atoms with Gasteiger partial charge < -0.3 is 128 Å². The number of carbonyl (C=O) groups excluding carboxylic acids is 3. The van der Waals surface area contributed by atoms with E-state index in [0.717, 1.165) is 12.5 Å². The molecule has 12 bridgehead atoms. The Hall–Kier alpha value is -2.77. The molecule has 12 fully saturated rings. The quantitative estimate of drug-likeness (QED) is 0.0590. The van der Waals surface area contributed by atoms with Gasteiger partial charge in [0.1, 0.15) is 79.4 Å². The molecule has 0 aromatic carbocycles. The monoisotopic (exact) mass is 1320 g/mol. The molecule has 17 rings (SSSR count). The summed E-state index contributed by atoms with van der Waals surface area (Å²) in [4.78, 5) is 43.1. The van der Waals surface area contributed by atoms with Gasteiger partial charge in [0, 0.05) is 5.41 Å². The molecule has 12 aliphatic heterocycles. The van der Waals surface area contributed by atoms with Gasteiger partial charge in [0.15, 0.2) is 43.5 Å². The lowest BCUT2D eigenvalue weighted by atomic mass is 9.33. The smallest absolute Gasteiger partial charge is 0.315 e. The van der Waals surface area contributed by atoms with Crippen molar-refractivity contribution in [3.05, 3.63) is 11.6 Å². The summed E-state index contributed by atoms with van der Waals surface area (Å²) in [6.45, 7) is 12.2. The SMILES string of the molecule is C[C@@H]1O[C@H]2O[C@H]3[C@@H](OC[C@H](O)[C@@H]3O)OC(=O)[C@]34CCC(C)(C)C[C@H]3C3=CC[C@@H]5[C@]6(C)C[C@H](O)[C@H](O[C@H]7O[C@@H](CO)[C@@H](O)[C@H](O)[C@@H]7O[C@@H]7OC[C@H](OC(=O)C[C@@](C)(O)CC(=O)O[C@@H]1[C@@H](O[C@H]1OC[C@@H](O)[C@@H](O)[C@@H]1O)[C@H]2O)[C@H](O)[C@@H]7O)[C@@](C)(CO)[C@@H]6CC[C@@]5(C)[C@]3(C)CC4. The van der Waals surface area contributed by atoms with Crippen molar-refractivity contribution in [2.75, 3.05) is 33.0 Å². The molecular formula is C63H98O29. The Morgan fingerprint density at radius 1 is 0.565 bits per heavy atom. The zero-order chi connectivity index (χ0) is 66.9. The van der Waals surface area contributed by atoms with Crippen LogP contribution in [0.25, 0.3) is 0 Å². The first-order valence-electron chi connectivity index (χ1n) is 32.6. The maximum absolute atomic E-state index is 15.6. The standard InChI is InChI=1S/C63H98O29/c1-26-46-47(88-51-43(76)38(71)30(67)22-81-51)45(78)53(84-26)90-48-39(72)31(68)23-82-54(48)92-56(79)63-15-13-57(2,3)17-28(63)27-9-10-35-59(5)18-29(66)50(60(6,25-65)34(59)11-12-62(35,8)61(27,7)14-16-63)91-55-49(42(75)40(73)32(21-64)86-55)89-52-44(77)41(74)33(24-83-52)85-36(69)19-58(4,80)20-37(70)87-46/h9,26,28-35,38-55,64-68,71-78,80H,10-25H2,1-8H3/t26-,28-,29-,30+,31-,32-,33-,34+,35+,38+,39-,40+,41-,42-,43-,44-,45+,46-,47-,48+,49-,50-,51+,52-,53-,54-,55+,58+,59+,60-,61+,62+,63-/m0/s1. The van der Waals surface area contributed by atoms with Crippen LogP contribution in [0.4, 0.5) is 0 Å². The molecule has 92 heavy (non-hydrogen) atoms. The summed E-state index contributed by atoms with van der Waals surface area (Å²) in [6.07, 6.45) is -36.9. The highest BCUT2D eigenvalue weighted by Crippen LogP contribution is 2.76. The van der Waals surface area contributed by atoms with Gasteiger partial charge in [-0.3, -0.25) is 14.4 Å². The van der Waals surface area contributed by atoms with Crippen LogP contribution in [-0.2, 0) is 71.2 Å². The van der Waals surface area contributed by atoms with Gasteiger partial charge in [-0.2, -0.15) is 0 Å². The number of aliphatic hydroxyl groups is 14. The molecule has 0 amide bonds. The molecule has 8 saturated heterocycles. The number of rotatable bonds is 4. The van der Waals surface area contributed by atoms with Crippen molar-refractivity contribution in [2.45, 2.75) is 279 Å². The Kier molecular flexibility index (Phi) is 19.8. The van der Waals surface area contributed by atoms with Crippen LogP contribution in [0.5, 0.6) is 0 Å². The molecule has 5 aliphatic carbocycles. The third-order valence-electron chi connectivity index (χ3n) is 24.0. The van der Waals surface area contributed by atoms with Crippen LogP contribution < -0.4 is 0 Å². The average Bonchev–Trinajstić information content (AvgIpc) is 0.674. The van der Waals surface area contributed by atoms with Crippen molar-refractivity contribution < 1.29 is 143 Å². The summed E-state index contributed by atoms with van der Waals surface area (Å²) < 4.78 is 72.3. The fourth-order valence-electron chi connectivity index (χ4n) is 18.5. The highest BCUT2D eigenvalue weighted by molar-refractivity contribution is 5.79. The summed E-state index contributed by atoms with van der Waals surface area (Å²) in [5.41, 5.74) is -5.49. The van der Waals surface area contributed by atoms with Crippen molar-refractivity contribution in [3.8, 4) is 0 Å². The number of hydrogen-bond acceptors (Lipinski definition) is 29. The molecule has 12 heterocycles. The summed E-state index contributed by atoms with van der Waals surface area (Å²) >= 11 is 0. The minimum Gasteiger partial charge on any atom is -0.457 e. The zero-order valence-corrected chi connectivity index (χ0v) is 53.4. The van der Waals surface area contributed by atoms with E-state index >= 15 is 4.79 Å². The van der Waals surface area contributed by atoms with Crippen LogP contribution in [0.1, 0.15) is 126 Å². The van der Waals surface area contributed by atoms with Gasteiger partial charge in [-0.1, -0.05) is 53.2 Å². The highest BCUT2D eigenvalue weighted by atomic mass is 16.8. The van der Waals surface area contributed by atoms with Crippen molar-refractivity contribution in [2.24, 2.45) is 50.2 Å². The van der Waals surface area contributed by atoms with Gasteiger partial charge >= 0.3 is 17.9 Å². The van der Waals surface area contributed by atoms with E-state index in [9.17, 15) is 81.1 Å². The molecule has 1 spiro atoms. The molecule has 17 aliphatic rings. The lowest BCUT2D eigenvalue weighted by molar-refractivity contribution is -0.377. The molecule has 4 saturated carbocycles. The average molecular weight is 1320 g/mol. The molecule has 29 nitrogen and oxygen atoms in total. The summed E-state index contributed by atoms with van der Waals surface area (Å²) in [5.74, 6) is -3.90. The van der Waals surface area contributed by atoms with Crippen molar-refractivity contribution in [1.29, 1.82) is 0 Å². The van der Waals surface area contributed by atoms with Gasteiger partial charge in [0.05, 0.1) is 75.2 Å². The van der Waals surface area contributed by atoms with E-state index in [2.05, 4.69) is 40.7 Å². The second kappa shape index (κ2) is 25.8. The van der Waals surface area contributed by atoms with E-state index in [1.165, 1.54) is 6.92 Å². The number of ether oxygens (including phenoxy) is 12. The fraction of sp³-hybridized carbons (Fsp3) is 0.921. The maximum Gasteiger partial charge on any atom is 0.315 e. The van der Waals surface area contributed by atoms with Crippen molar-refractivity contribution in [3.63, 3.8) is 0 Å². The summed E-state index contributed by atoms with van der Waals surface area (Å²) in [5, 5.41) is 159. The van der Waals surface area contributed by atoms with Crippen LogP contribution >= 0.6 is 0 Å². The zero-order valence-electron chi connectivity index (χ0n) is 53.4.